The molecule has 0 radical (unpaired) electrons. The van der Waals surface area contributed by atoms with Crippen molar-refractivity contribution in [3.63, 3.8) is 0 Å². The minimum atomic E-state index is -4.35. The van der Waals surface area contributed by atoms with E-state index >= 15 is 0 Å². The SMILES string of the molecule is CCCC(O)C(CCC)S(=O)(=O)[O-].[Na+]. The van der Waals surface area contributed by atoms with Crippen LogP contribution in [-0.2, 0) is 10.1 Å². The Morgan fingerprint density at radius 3 is 1.93 bits per heavy atom. The van der Waals surface area contributed by atoms with Crippen LogP contribution in [0.15, 0.2) is 0 Å². The molecule has 0 fully saturated rings. The third kappa shape index (κ3) is 6.37. The molecule has 0 saturated heterocycles. The Morgan fingerprint density at radius 2 is 1.64 bits per heavy atom. The molecule has 14 heavy (non-hydrogen) atoms. The maximum Gasteiger partial charge on any atom is 1.00 e. The summed E-state index contributed by atoms with van der Waals surface area (Å²) < 4.78 is 32.2. The molecule has 0 aliphatic rings. The third-order valence-corrected chi connectivity index (χ3v) is 3.25. The molecule has 2 unspecified atom stereocenters. The summed E-state index contributed by atoms with van der Waals surface area (Å²) in [5.41, 5.74) is 0. The van der Waals surface area contributed by atoms with Crippen LogP contribution in [0.2, 0.25) is 0 Å². The Morgan fingerprint density at radius 1 is 1.21 bits per heavy atom. The van der Waals surface area contributed by atoms with Crippen LogP contribution in [0.5, 0.6) is 0 Å². The second-order valence-electron chi connectivity index (χ2n) is 3.18. The predicted octanol–water partition coefficient (Wildman–Crippen LogP) is -2.13. The fraction of sp³-hybridized carbons (Fsp3) is 1.00. The van der Waals surface area contributed by atoms with Crippen LogP contribution in [0.4, 0.5) is 0 Å². The van der Waals surface area contributed by atoms with Crippen LogP contribution in [0.25, 0.3) is 0 Å². The smallest absolute Gasteiger partial charge is 0.748 e. The van der Waals surface area contributed by atoms with Gasteiger partial charge in [0.15, 0.2) is 0 Å². The topological polar surface area (TPSA) is 77.4 Å². The van der Waals surface area contributed by atoms with Crippen molar-refractivity contribution < 1.29 is 47.6 Å². The number of hydrogen-bond donors (Lipinski definition) is 1. The van der Waals surface area contributed by atoms with Crippen molar-refractivity contribution in [1.29, 1.82) is 0 Å². The average molecular weight is 232 g/mol. The fourth-order valence-corrected chi connectivity index (χ4v) is 2.34. The van der Waals surface area contributed by atoms with Gasteiger partial charge in [0.1, 0.15) is 10.1 Å². The van der Waals surface area contributed by atoms with Crippen molar-refractivity contribution >= 4 is 10.1 Å². The molecule has 80 valence electrons. The van der Waals surface area contributed by atoms with Gasteiger partial charge in [0.25, 0.3) is 0 Å². The Labute approximate surface area is 108 Å². The average Bonchev–Trinajstić information content (AvgIpc) is 1.98. The van der Waals surface area contributed by atoms with Gasteiger partial charge in [0.05, 0.1) is 11.4 Å². The molecule has 0 aliphatic carbocycles. The van der Waals surface area contributed by atoms with Gasteiger partial charge >= 0.3 is 29.6 Å². The Hall–Kier alpha value is 0.870. The first-order valence-corrected chi connectivity index (χ1v) is 6.03. The summed E-state index contributed by atoms with van der Waals surface area (Å²) in [6, 6.07) is 0. The molecule has 0 saturated carbocycles. The van der Waals surface area contributed by atoms with Gasteiger partial charge in [-0.3, -0.25) is 0 Å². The monoisotopic (exact) mass is 232 g/mol. The van der Waals surface area contributed by atoms with E-state index in [-0.39, 0.29) is 36.0 Å². The number of hydrogen-bond acceptors (Lipinski definition) is 4. The van der Waals surface area contributed by atoms with Crippen LogP contribution in [0.3, 0.4) is 0 Å². The summed E-state index contributed by atoms with van der Waals surface area (Å²) in [5, 5.41) is 8.27. The fourth-order valence-electron chi connectivity index (χ4n) is 1.30. The predicted molar refractivity (Wildman–Crippen MR) is 49.3 cm³/mol. The molecule has 0 aromatic heterocycles. The number of rotatable bonds is 6. The van der Waals surface area contributed by atoms with E-state index < -0.39 is 21.5 Å². The first-order valence-electron chi connectivity index (χ1n) is 4.56. The first-order chi connectivity index (χ1) is 5.93. The summed E-state index contributed by atoms with van der Waals surface area (Å²) in [6.45, 7) is 3.63. The summed E-state index contributed by atoms with van der Waals surface area (Å²) in [4.78, 5) is 0. The van der Waals surface area contributed by atoms with Crippen LogP contribution >= 0.6 is 0 Å². The number of aliphatic hydroxyl groups is 1. The van der Waals surface area contributed by atoms with Gasteiger partial charge in [0.2, 0.25) is 0 Å². The van der Waals surface area contributed by atoms with Gasteiger partial charge in [-0.2, -0.15) is 0 Å². The molecule has 2 atom stereocenters. The van der Waals surface area contributed by atoms with Gasteiger partial charge in [-0.05, 0) is 12.8 Å². The molecular formula is C8H17NaO4S. The van der Waals surface area contributed by atoms with Gasteiger partial charge in [0, 0.05) is 0 Å². The van der Waals surface area contributed by atoms with Gasteiger partial charge < -0.3 is 9.66 Å². The Bertz CT molecular complexity index is 227. The van der Waals surface area contributed by atoms with Crippen molar-refractivity contribution in [2.24, 2.45) is 0 Å². The van der Waals surface area contributed by atoms with Crippen molar-refractivity contribution in [2.75, 3.05) is 0 Å². The van der Waals surface area contributed by atoms with E-state index in [0.29, 0.717) is 19.3 Å². The summed E-state index contributed by atoms with van der Waals surface area (Å²) >= 11 is 0. The molecule has 4 nitrogen and oxygen atoms in total. The molecule has 0 bridgehead atoms. The molecule has 0 spiro atoms. The normalized spacial score (nSPS) is 15.7. The van der Waals surface area contributed by atoms with Crippen molar-refractivity contribution in [2.45, 2.75) is 50.9 Å². The zero-order valence-corrected chi connectivity index (χ0v) is 11.9. The maximum atomic E-state index is 10.7. The van der Waals surface area contributed by atoms with E-state index in [1.165, 1.54) is 0 Å². The molecule has 0 aromatic carbocycles. The summed E-state index contributed by atoms with van der Waals surface area (Å²) in [7, 11) is -4.35. The quantitative estimate of drug-likeness (QED) is 0.419. The molecule has 0 rings (SSSR count). The molecule has 0 aliphatic heterocycles. The Balaban J connectivity index is 0. The van der Waals surface area contributed by atoms with Crippen molar-refractivity contribution in [3.05, 3.63) is 0 Å². The van der Waals surface area contributed by atoms with Crippen LogP contribution in [0.1, 0.15) is 39.5 Å². The van der Waals surface area contributed by atoms with Crippen LogP contribution in [0, 0.1) is 0 Å². The van der Waals surface area contributed by atoms with E-state index in [1.807, 2.05) is 6.92 Å². The van der Waals surface area contributed by atoms with Gasteiger partial charge in [-0.25, -0.2) is 8.42 Å². The summed E-state index contributed by atoms with van der Waals surface area (Å²) in [6.07, 6.45) is 0.871. The molecular weight excluding hydrogens is 215 g/mol. The second kappa shape index (κ2) is 8.07. The first kappa shape index (κ1) is 17.3. The summed E-state index contributed by atoms with van der Waals surface area (Å²) in [5.74, 6) is 0. The van der Waals surface area contributed by atoms with E-state index in [2.05, 4.69) is 0 Å². The molecule has 0 heterocycles. The van der Waals surface area contributed by atoms with Crippen molar-refractivity contribution in [3.8, 4) is 0 Å². The van der Waals surface area contributed by atoms with E-state index in [1.54, 1.807) is 6.92 Å². The minimum Gasteiger partial charge on any atom is -0.748 e. The van der Waals surface area contributed by atoms with Gasteiger partial charge in [-0.15, -0.1) is 0 Å². The van der Waals surface area contributed by atoms with Gasteiger partial charge in [-0.1, -0.05) is 26.7 Å². The molecule has 6 heteroatoms. The third-order valence-electron chi connectivity index (χ3n) is 1.96. The van der Waals surface area contributed by atoms with Crippen LogP contribution < -0.4 is 29.6 Å². The number of aliphatic hydroxyl groups excluding tert-OH is 1. The van der Waals surface area contributed by atoms with E-state index in [9.17, 15) is 18.1 Å². The molecule has 0 amide bonds. The molecule has 0 aromatic rings. The largest absolute Gasteiger partial charge is 1.00 e. The second-order valence-corrected chi connectivity index (χ2v) is 4.77. The van der Waals surface area contributed by atoms with Crippen LogP contribution in [-0.4, -0.2) is 29.4 Å². The van der Waals surface area contributed by atoms with Crippen molar-refractivity contribution in [1.82, 2.24) is 0 Å². The van der Waals surface area contributed by atoms with E-state index in [4.69, 9.17) is 0 Å². The minimum absolute atomic E-state index is 0. The zero-order valence-electron chi connectivity index (χ0n) is 9.06. The maximum absolute atomic E-state index is 10.7. The Kier molecular flexibility index (Phi) is 9.96. The van der Waals surface area contributed by atoms with E-state index in [0.717, 1.165) is 0 Å². The molecule has 1 N–H and O–H groups in total. The standard InChI is InChI=1S/C8H18O4S.Na/c1-3-5-7(9)8(6-4-2)13(10,11)12;/h7-9H,3-6H2,1-2H3,(H,10,11,12);/q;+1/p-1. The zero-order chi connectivity index (χ0) is 10.5.